The Hall–Kier alpha value is -4.33. The zero-order valence-electron chi connectivity index (χ0n) is 27.2. The van der Waals surface area contributed by atoms with Crippen molar-refractivity contribution in [1.82, 2.24) is 29.5 Å². The van der Waals surface area contributed by atoms with Crippen LogP contribution in [0.25, 0.3) is 20.7 Å². The molecule has 2 aliphatic rings. The number of aromatic amines is 1. The monoisotopic (exact) mass is 707 g/mol. The summed E-state index contributed by atoms with van der Waals surface area (Å²) in [6.45, 7) is 9.71. The van der Waals surface area contributed by atoms with Gasteiger partial charge in [-0.05, 0) is 19.8 Å². The first-order valence-corrected chi connectivity index (χ1v) is 16.7. The summed E-state index contributed by atoms with van der Waals surface area (Å²) in [5.41, 5.74) is 6.33. The van der Waals surface area contributed by atoms with Gasteiger partial charge in [0.2, 0.25) is 12.2 Å². The van der Waals surface area contributed by atoms with Crippen molar-refractivity contribution >= 4 is 67.2 Å². The second-order valence-electron chi connectivity index (χ2n) is 10.8. The SMILES string of the molecule is CCC1CC(OC(C)=O)C(OC(C)=O)O1.CC[C@@H]1C[C@@H](OC(C)=O)[C@H](n2c(=O)sc3cnc(C)nc32)O1.Nc1ncc2sc(=O)[nH]c2n1. The van der Waals surface area contributed by atoms with E-state index < -0.39 is 36.7 Å². The number of H-pyrrole nitrogens is 1. The van der Waals surface area contributed by atoms with Crippen molar-refractivity contribution in [1.29, 1.82) is 0 Å². The Bertz CT molecular complexity index is 1850. The van der Waals surface area contributed by atoms with Crippen LogP contribution in [-0.2, 0) is 38.1 Å². The number of carbonyl (C=O) groups is 3. The molecule has 6 heterocycles. The average Bonchev–Trinajstić information content (AvgIpc) is 3.76. The summed E-state index contributed by atoms with van der Waals surface area (Å²) in [5.74, 6) is -0.458. The molecule has 0 bridgehead atoms. The van der Waals surface area contributed by atoms with Gasteiger partial charge in [-0.1, -0.05) is 36.5 Å². The Morgan fingerprint density at radius 3 is 2.15 bits per heavy atom. The quantitative estimate of drug-likeness (QED) is 0.217. The van der Waals surface area contributed by atoms with E-state index in [1.807, 2.05) is 13.8 Å². The Morgan fingerprint density at radius 2 is 1.50 bits per heavy atom. The van der Waals surface area contributed by atoms with Crippen LogP contribution in [0.2, 0.25) is 0 Å². The van der Waals surface area contributed by atoms with Crippen molar-refractivity contribution in [2.24, 2.45) is 0 Å². The predicted octanol–water partition coefficient (Wildman–Crippen LogP) is 2.76. The predicted molar refractivity (Wildman–Crippen MR) is 174 cm³/mol. The normalized spacial score (nSPS) is 23.1. The van der Waals surface area contributed by atoms with Crippen molar-refractivity contribution in [3.05, 3.63) is 37.6 Å². The van der Waals surface area contributed by atoms with Gasteiger partial charge in [0.25, 0.3) is 0 Å². The van der Waals surface area contributed by atoms with E-state index in [9.17, 15) is 24.0 Å². The lowest BCUT2D eigenvalue weighted by Gasteiger charge is -2.19. The van der Waals surface area contributed by atoms with Gasteiger partial charge < -0.3 is 29.4 Å². The van der Waals surface area contributed by atoms with E-state index in [2.05, 4.69) is 24.9 Å². The topological polar surface area (TPSA) is 230 Å². The van der Waals surface area contributed by atoms with Crippen molar-refractivity contribution < 1.29 is 38.1 Å². The molecule has 0 aromatic carbocycles. The van der Waals surface area contributed by atoms with Crippen molar-refractivity contribution in [3.63, 3.8) is 0 Å². The fraction of sp³-hybridized carbons (Fsp3) is 0.552. The number of esters is 3. The summed E-state index contributed by atoms with van der Waals surface area (Å²) < 4.78 is 29.5. The first kappa shape index (κ1) is 36.5. The van der Waals surface area contributed by atoms with Crippen molar-refractivity contribution in [2.45, 2.75) is 104 Å². The third-order valence-electron chi connectivity index (χ3n) is 7.03. The minimum atomic E-state index is -0.753. The van der Waals surface area contributed by atoms with Crippen LogP contribution >= 0.6 is 22.7 Å². The number of hydrogen-bond acceptors (Lipinski definition) is 17. The van der Waals surface area contributed by atoms with E-state index in [1.54, 1.807) is 13.1 Å². The van der Waals surface area contributed by atoms with Crippen LogP contribution in [0.15, 0.2) is 22.0 Å². The number of aromatic nitrogens is 6. The summed E-state index contributed by atoms with van der Waals surface area (Å²) >= 11 is 2.14. The Morgan fingerprint density at radius 1 is 0.896 bits per heavy atom. The summed E-state index contributed by atoms with van der Waals surface area (Å²) in [6, 6.07) is 0. The standard InChI is InChI=1S/C14H17N3O4S.C10H16O5.C5H4N4OS/c1-4-9-5-10(20-8(3)18)13(21-9)17-12-11(22-14(17)19)6-15-7(2)16-12;1-4-8-5-9(13-6(2)11)10(15-8)14-7(3)12;6-4-7-1-2-3(8-4)9-5(10)11-2/h6,9-10,13H,4-5H2,1-3H3;8-10H,4-5H2,1-3H3;1H,(H3,6,7,8,9,10)/t9-,10-,13-;;/m1../s1. The number of anilines is 1. The Labute approximate surface area is 281 Å². The molecule has 0 amide bonds. The Balaban J connectivity index is 0.000000174. The number of nitrogens with zero attached hydrogens (tertiary/aromatic N) is 5. The third-order valence-corrected chi connectivity index (χ3v) is 8.71. The van der Waals surface area contributed by atoms with Crippen LogP contribution in [0.1, 0.15) is 72.4 Å². The number of thiazole rings is 2. The molecule has 6 atom stereocenters. The van der Waals surface area contributed by atoms with Gasteiger partial charge in [0.15, 0.2) is 23.6 Å². The maximum Gasteiger partial charge on any atom is 0.311 e. The largest absolute Gasteiger partial charge is 0.458 e. The Kier molecular flexibility index (Phi) is 12.3. The molecule has 4 aromatic rings. The maximum absolute atomic E-state index is 12.4. The number of aryl methyl sites for hydroxylation is 1. The van der Waals surface area contributed by atoms with E-state index in [0.29, 0.717) is 34.7 Å². The summed E-state index contributed by atoms with van der Waals surface area (Å²) in [4.78, 5) is 74.2. The molecular weight excluding hydrogens is 670 g/mol. The van der Waals surface area contributed by atoms with Gasteiger partial charge in [0.05, 0.1) is 34.0 Å². The van der Waals surface area contributed by atoms with Crippen LogP contribution in [0.5, 0.6) is 0 Å². The van der Waals surface area contributed by atoms with Crippen LogP contribution in [0, 0.1) is 6.92 Å². The van der Waals surface area contributed by atoms with Crippen molar-refractivity contribution in [3.8, 4) is 0 Å². The van der Waals surface area contributed by atoms with Gasteiger partial charge in [-0.15, -0.1) is 0 Å². The third kappa shape index (κ3) is 9.39. The van der Waals surface area contributed by atoms with E-state index in [1.165, 1.54) is 31.5 Å². The van der Waals surface area contributed by atoms with Crippen LogP contribution in [0.4, 0.5) is 5.95 Å². The zero-order valence-corrected chi connectivity index (χ0v) is 28.8. The molecule has 4 aromatic heterocycles. The number of nitrogen functional groups attached to an aromatic ring is 1. The van der Waals surface area contributed by atoms with Gasteiger partial charge in [-0.2, -0.15) is 4.98 Å². The molecule has 0 aliphatic carbocycles. The molecule has 17 nitrogen and oxygen atoms in total. The molecule has 3 N–H and O–H groups in total. The molecule has 19 heteroatoms. The lowest BCUT2D eigenvalue weighted by atomic mass is 10.1. The van der Waals surface area contributed by atoms with E-state index in [4.69, 9.17) is 29.4 Å². The highest BCUT2D eigenvalue weighted by atomic mass is 32.1. The van der Waals surface area contributed by atoms with E-state index >= 15 is 0 Å². The summed E-state index contributed by atoms with van der Waals surface area (Å²) in [6.07, 6.45) is 3.51. The molecule has 0 radical (unpaired) electrons. The van der Waals surface area contributed by atoms with Gasteiger partial charge >= 0.3 is 27.7 Å². The van der Waals surface area contributed by atoms with Gasteiger partial charge in [0, 0.05) is 33.6 Å². The molecule has 260 valence electrons. The molecular formula is C29H37N7O10S2. The number of ether oxygens (including phenoxy) is 5. The molecule has 2 fully saturated rings. The number of hydrogen-bond donors (Lipinski definition) is 2. The first-order chi connectivity index (χ1) is 22.8. The van der Waals surface area contributed by atoms with Gasteiger partial charge in [-0.3, -0.25) is 33.5 Å². The second kappa shape index (κ2) is 16.2. The van der Waals surface area contributed by atoms with E-state index in [-0.39, 0.29) is 33.9 Å². The number of nitrogens with one attached hydrogen (secondary N) is 1. The fourth-order valence-electron chi connectivity index (χ4n) is 4.99. The molecule has 48 heavy (non-hydrogen) atoms. The first-order valence-electron chi connectivity index (χ1n) is 15.1. The zero-order chi connectivity index (χ0) is 35.1. The number of fused-ring (bicyclic) bond motifs is 2. The lowest BCUT2D eigenvalue weighted by Crippen LogP contribution is -2.30. The molecule has 0 spiro atoms. The average molecular weight is 708 g/mol. The smallest absolute Gasteiger partial charge is 0.311 e. The fourth-order valence-corrected chi connectivity index (χ4v) is 6.46. The molecule has 2 aliphatic heterocycles. The summed E-state index contributed by atoms with van der Waals surface area (Å²) in [7, 11) is 0. The highest BCUT2D eigenvalue weighted by molar-refractivity contribution is 7.16. The molecule has 2 saturated heterocycles. The number of rotatable bonds is 6. The summed E-state index contributed by atoms with van der Waals surface area (Å²) in [5, 5.41) is 0. The second-order valence-corrected chi connectivity index (χ2v) is 12.8. The molecule has 0 saturated carbocycles. The highest BCUT2D eigenvalue weighted by Crippen LogP contribution is 2.34. The minimum Gasteiger partial charge on any atom is -0.458 e. The molecule has 6 rings (SSSR count). The lowest BCUT2D eigenvalue weighted by molar-refractivity contribution is -0.194. The van der Waals surface area contributed by atoms with Gasteiger partial charge in [-0.25, -0.2) is 15.0 Å². The number of nitrogens with two attached hydrogens (primary N) is 1. The molecule has 3 unspecified atom stereocenters. The van der Waals surface area contributed by atoms with Crippen LogP contribution in [-0.4, -0.2) is 78.1 Å². The maximum atomic E-state index is 12.4. The van der Waals surface area contributed by atoms with Crippen LogP contribution < -0.4 is 15.5 Å². The van der Waals surface area contributed by atoms with E-state index in [0.717, 1.165) is 40.2 Å². The van der Waals surface area contributed by atoms with Gasteiger partial charge in [0.1, 0.15) is 11.9 Å². The number of carbonyl (C=O) groups excluding carboxylic acids is 3. The van der Waals surface area contributed by atoms with Crippen LogP contribution in [0.3, 0.4) is 0 Å². The highest BCUT2D eigenvalue weighted by Gasteiger charge is 2.40. The minimum absolute atomic E-state index is 0.0151. The van der Waals surface area contributed by atoms with Crippen molar-refractivity contribution in [2.75, 3.05) is 5.73 Å².